The number of nitrogens with two attached hydrogens (primary N) is 1. The predicted molar refractivity (Wildman–Crippen MR) is 220 cm³/mol. The van der Waals surface area contributed by atoms with Crippen LogP contribution in [0, 0.1) is 13.8 Å². The number of carbonyl (C=O) groups is 2. The fourth-order valence-electron chi connectivity index (χ4n) is 7.16. The van der Waals surface area contributed by atoms with E-state index in [-0.39, 0.29) is 35.9 Å². The summed E-state index contributed by atoms with van der Waals surface area (Å²) in [5.41, 5.74) is 10.6. The highest BCUT2D eigenvalue weighted by atomic mass is 32.2. The third-order valence-electron chi connectivity index (χ3n) is 10.3. The normalized spacial score (nSPS) is 15.3. The lowest BCUT2D eigenvalue weighted by Crippen LogP contribution is -2.39. The highest BCUT2D eigenvalue weighted by Gasteiger charge is 2.35. The number of aryl methyl sites for hydroxylation is 2. The Bertz CT molecular complexity index is 2000. The van der Waals surface area contributed by atoms with E-state index in [1.165, 1.54) is 28.1 Å². The van der Waals surface area contributed by atoms with Gasteiger partial charge in [-0.3, -0.25) is 23.4 Å². The molecular formula is C42H53N5O7S2. The van der Waals surface area contributed by atoms with Gasteiger partial charge in [-0.1, -0.05) is 62.8 Å². The number of carbonyl (C=O) groups excluding carboxylic acids is 2. The largest absolute Gasteiger partial charge is 0.465 e. The lowest BCUT2D eigenvalue weighted by molar-refractivity contribution is 0.0600. The molecule has 14 heteroatoms. The fourth-order valence-corrected chi connectivity index (χ4v) is 11.2. The van der Waals surface area contributed by atoms with E-state index in [0.717, 1.165) is 49.7 Å². The number of methoxy groups -OCH3 is 1. The molecule has 300 valence electrons. The number of nitrogens with zero attached hydrogens (tertiary/aromatic N) is 4. The summed E-state index contributed by atoms with van der Waals surface area (Å²) in [4.78, 5) is 31.9. The molecule has 0 amide bonds. The summed E-state index contributed by atoms with van der Waals surface area (Å²) >= 11 is 0. The first-order valence-corrected chi connectivity index (χ1v) is 22.2. The van der Waals surface area contributed by atoms with E-state index in [0.29, 0.717) is 59.6 Å². The van der Waals surface area contributed by atoms with Crippen LogP contribution < -0.4 is 14.3 Å². The van der Waals surface area contributed by atoms with Crippen LogP contribution in [0.1, 0.15) is 107 Å². The smallest absolute Gasteiger partial charge is 0.339 e. The zero-order valence-corrected chi connectivity index (χ0v) is 34.1. The number of benzene rings is 2. The SMILES string of the molecule is COC(=O)c1ccc(CN(c2cccc(C)c2)S(=O)(=O)C2CCCCC2)nc1.Cc1cccc(N(Cc2ccc(C(=O)CN)cn2)S(=O)(=O)C2CCCCC2)c1. The van der Waals surface area contributed by atoms with Gasteiger partial charge >= 0.3 is 5.97 Å². The number of pyridine rings is 2. The molecule has 6 rings (SSSR count). The first kappa shape index (κ1) is 42.5. The van der Waals surface area contributed by atoms with Crippen molar-refractivity contribution in [3.63, 3.8) is 0 Å². The van der Waals surface area contributed by atoms with Gasteiger partial charge in [-0.25, -0.2) is 21.6 Å². The number of hydrogen-bond donors (Lipinski definition) is 1. The number of esters is 1. The van der Waals surface area contributed by atoms with Crippen molar-refractivity contribution in [3.05, 3.63) is 119 Å². The maximum atomic E-state index is 13.5. The van der Waals surface area contributed by atoms with Crippen LogP contribution in [-0.4, -0.2) is 62.7 Å². The molecule has 2 fully saturated rings. The van der Waals surface area contributed by atoms with Gasteiger partial charge in [0.2, 0.25) is 20.0 Å². The minimum atomic E-state index is -3.52. The monoisotopic (exact) mass is 803 g/mol. The van der Waals surface area contributed by atoms with Crippen LogP contribution in [0.15, 0.2) is 85.2 Å². The van der Waals surface area contributed by atoms with E-state index in [4.69, 9.17) is 5.73 Å². The van der Waals surface area contributed by atoms with Gasteiger partial charge in [0, 0.05) is 18.0 Å². The molecule has 2 aliphatic carbocycles. The van der Waals surface area contributed by atoms with E-state index in [1.807, 2.05) is 62.4 Å². The Kier molecular flexibility index (Phi) is 14.8. The van der Waals surface area contributed by atoms with Gasteiger partial charge in [-0.2, -0.15) is 0 Å². The van der Waals surface area contributed by atoms with Gasteiger partial charge in [0.05, 0.1) is 65.6 Å². The van der Waals surface area contributed by atoms with Gasteiger partial charge < -0.3 is 10.5 Å². The second-order valence-corrected chi connectivity index (χ2v) is 18.8. The molecule has 4 aromatic rings. The molecule has 2 saturated carbocycles. The van der Waals surface area contributed by atoms with Gasteiger partial charge in [0.15, 0.2) is 5.78 Å². The zero-order chi connectivity index (χ0) is 40.3. The first-order chi connectivity index (χ1) is 26.8. The van der Waals surface area contributed by atoms with Crippen LogP contribution in [-0.2, 0) is 37.9 Å². The second kappa shape index (κ2) is 19.5. The molecule has 2 heterocycles. The number of sulfonamides is 2. The van der Waals surface area contributed by atoms with Gasteiger partial charge in [-0.05, 0) is 99.2 Å². The van der Waals surface area contributed by atoms with E-state index >= 15 is 0 Å². The summed E-state index contributed by atoms with van der Waals surface area (Å²) in [5, 5.41) is -0.726. The lowest BCUT2D eigenvalue weighted by Gasteiger charge is -2.31. The topological polar surface area (TPSA) is 170 Å². The molecule has 2 aromatic carbocycles. The minimum absolute atomic E-state index is 0.0769. The van der Waals surface area contributed by atoms with Crippen molar-refractivity contribution in [2.45, 2.75) is 102 Å². The molecular weight excluding hydrogens is 751 g/mol. The van der Waals surface area contributed by atoms with Gasteiger partial charge in [0.1, 0.15) is 0 Å². The Morgan fingerprint density at radius 3 is 1.45 bits per heavy atom. The molecule has 0 aliphatic heterocycles. The van der Waals surface area contributed by atoms with Crippen LogP contribution in [0.4, 0.5) is 11.4 Å². The highest BCUT2D eigenvalue weighted by molar-refractivity contribution is 7.93. The minimum Gasteiger partial charge on any atom is -0.465 e. The second-order valence-electron chi connectivity index (χ2n) is 14.5. The van der Waals surface area contributed by atoms with Crippen LogP contribution in [0.2, 0.25) is 0 Å². The number of ether oxygens (including phenoxy) is 1. The van der Waals surface area contributed by atoms with Crippen molar-refractivity contribution in [2.24, 2.45) is 5.73 Å². The Hall–Kier alpha value is -4.66. The summed E-state index contributed by atoms with van der Waals surface area (Å²) in [6, 6.07) is 21.6. The Morgan fingerprint density at radius 1 is 0.661 bits per heavy atom. The van der Waals surface area contributed by atoms with Crippen molar-refractivity contribution in [1.29, 1.82) is 0 Å². The Balaban J connectivity index is 0.000000214. The average Bonchev–Trinajstić information content (AvgIpc) is 3.22. The van der Waals surface area contributed by atoms with Crippen molar-refractivity contribution in [1.82, 2.24) is 9.97 Å². The molecule has 0 saturated heterocycles. The summed E-state index contributed by atoms with van der Waals surface area (Å²) in [5.74, 6) is -0.658. The molecule has 2 aromatic heterocycles. The maximum absolute atomic E-state index is 13.5. The molecule has 0 unspecified atom stereocenters. The number of anilines is 2. The number of hydrogen-bond acceptors (Lipinski definition) is 10. The van der Waals surface area contributed by atoms with E-state index in [2.05, 4.69) is 14.7 Å². The van der Waals surface area contributed by atoms with Crippen molar-refractivity contribution in [3.8, 4) is 0 Å². The van der Waals surface area contributed by atoms with Crippen LogP contribution in [0.25, 0.3) is 0 Å². The third-order valence-corrected chi connectivity index (χ3v) is 14.9. The molecule has 2 aliphatic rings. The third kappa shape index (κ3) is 10.8. The van der Waals surface area contributed by atoms with E-state index in [1.54, 1.807) is 24.3 Å². The van der Waals surface area contributed by atoms with Crippen LogP contribution >= 0.6 is 0 Å². The zero-order valence-electron chi connectivity index (χ0n) is 32.5. The van der Waals surface area contributed by atoms with Gasteiger partial charge in [0.25, 0.3) is 0 Å². The lowest BCUT2D eigenvalue weighted by atomic mass is 10.0. The molecule has 0 bridgehead atoms. The standard InChI is InChI=1S/C21H27N3O3S.C21H26N2O4S/c1-16-6-5-7-19(12-16)24(28(26,27)20-8-3-2-4-9-20)15-18-11-10-17(14-23-18)21(25)13-22;1-16-7-6-8-19(13-16)23(28(25,26)20-9-4-3-5-10-20)15-18-12-11-17(14-22-18)21(24)27-2/h5-7,10-12,14,20H,2-4,8-9,13,15,22H2,1H3;6-8,11-14,20H,3-5,9-10,15H2,1-2H3. The Morgan fingerprint density at radius 2 is 1.09 bits per heavy atom. The van der Waals surface area contributed by atoms with Crippen molar-refractivity contribution >= 4 is 43.2 Å². The first-order valence-electron chi connectivity index (χ1n) is 19.2. The quantitative estimate of drug-likeness (QED) is 0.109. The predicted octanol–water partition coefficient (Wildman–Crippen LogP) is 7.05. The number of Topliss-reactive ketones (excluding diaryl/α,β-unsaturated/α-hetero) is 1. The maximum Gasteiger partial charge on any atom is 0.339 e. The van der Waals surface area contributed by atoms with Crippen molar-refractivity contribution < 1.29 is 31.2 Å². The summed E-state index contributed by atoms with van der Waals surface area (Å²) in [6.45, 7) is 4.08. The molecule has 0 radical (unpaired) electrons. The molecule has 0 spiro atoms. The summed E-state index contributed by atoms with van der Waals surface area (Å²) < 4.78 is 61.4. The summed E-state index contributed by atoms with van der Waals surface area (Å²) in [6.07, 6.45) is 11.6. The average molecular weight is 804 g/mol. The Labute approximate surface area is 331 Å². The number of aromatic nitrogens is 2. The number of rotatable bonds is 13. The van der Waals surface area contributed by atoms with Crippen LogP contribution in [0.3, 0.4) is 0 Å². The molecule has 0 atom stereocenters. The van der Waals surface area contributed by atoms with Crippen LogP contribution in [0.5, 0.6) is 0 Å². The molecule has 56 heavy (non-hydrogen) atoms. The van der Waals surface area contributed by atoms with Crippen molar-refractivity contribution in [2.75, 3.05) is 22.3 Å². The number of ketones is 1. The fraction of sp³-hybridized carbons (Fsp3) is 0.429. The molecule has 2 N–H and O–H groups in total. The van der Waals surface area contributed by atoms with E-state index < -0.39 is 26.0 Å². The summed E-state index contributed by atoms with van der Waals surface area (Å²) in [7, 11) is -5.73. The van der Waals surface area contributed by atoms with Gasteiger partial charge in [-0.15, -0.1) is 0 Å². The van der Waals surface area contributed by atoms with E-state index in [9.17, 15) is 26.4 Å². The highest BCUT2D eigenvalue weighted by Crippen LogP contribution is 2.32. The molecule has 12 nitrogen and oxygen atoms in total.